The lowest BCUT2D eigenvalue weighted by Crippen LogP contribution is -2.42. The molecule has 1 atom stereocenters. The molecule has 1 aromatic heterocycles. The third-order valence-electron chi connectivity index (χ3n) is 4.18. The number of fused-ring (bicyclic) bond motifs is 1. The molecule has 0 amide bonds. The maximum atomic E-state index is 14.1. The standard InChI is InChI=1S/C16H20FN3O2S/c1-12-8-18-6-3-7-20(12)23(21,22)11-14-5-2-4-13-9-19-10-15(17)16(13)14/h2,4-5,9-10,12,18H,3,6-8,11H2,1H3. The summed E-state index contributed by atoms with van der Waals surface area (Å²) < 4.78 is 41.3. The monoisotopic (exact) mass is 337 g/mol. The molecule has 1 N–H and O–H groups in total. The highest BCUT2D eigenvalue weighted by Crippen LogP contribution is 2.24. The predicted molar refractivity (Wildman–Crippen MR) is 88.0 cm³/mol. The zero-order valence-electron chi connectivity index (χ0n) is 13.0. The normalized spacial score (nSPS) is 20.5. The lowest BCUT2D eigenvalue weighted by molar-refractivity contribution is 0.353. The highest BCUT2D eigenvalue weighted by molar-refractivity contribution is 7.88. The number of rotatable bonds is 3. The first kappa shape index (κ1) is 16.3. The highest BCUT2D eigenvalue weighted by atomic mass is 32.2. The molecule has 1 fully saturated rings. The van der Waals surface area contributed by atoms with E-state index in [2.05, 4.69) is 10.3 Å². The summed E-state index contributed by atoms with van der Waals surface area (Å²) in [6, 6.07) is 5.04. The molecule has 1 saturated heterocycles. The van der Waals surface area contributed by atoms with Gasteiger partial charge < -0.3 is 5.32 Å². The average molecular weight is 337 g/mol. The van der Waals surface area contributed by atoms with Gasteiger partial charge in [0.15, 0.2) is 0 Å². The molecule has 5 nitrogen and oxygen atoms in total. The summed E-state index contributed by atoms with van der Waals surface area (Å²) in [7, 11) is -3.51. The Hall–Kier alpha value is -1.57. The number of hydrogen-bond donors (Lipinski definition) is 1. The molecule has 1 aromatic carbocycles. The summed E-state index contributed by atoms with van der Waals surface area (Å²) in [5, 5.41) is 4.18. The predicted octanol–water partition coefficient (Wildman–Crippen LogP) is 1.89. The van der Waals surface area contributed by atoms with E-state index in [1.807, 2.05) is 6.92 Å². The Labute approximate surface area is 135 Å². The number of pyridine rings is 1. The Morgan fingerprint density at radius 2 is 2.22 bits per heavy atom. The first-order valence-electron chi connectivity index (χ1n) is 7.70. The molecule has 0 spiro atoms. The number of halogens is 1. The zero-order valence-corrected chi connectivity index (χ0v) is 13.8. The second kappa shape index (κ2) is 6.51. The van der Waals surface area contributed by atoms with Crippen LogP contribution in [0.3, 0.4) is 0 Å². The maximum Gasteiger partial charge on any atom is 0.218 e. The van der Waals surface area contributed by atoms with Gasteiger partial charge in [-0.25, -0.2) is 12.8 Å². The van der Waals surface area contributed by atoms with Crippen molar-refractivity contribution in [3.8, 4) is 0 Å². The maximum absolute atomic E-state index is 14.1. The SMILES string of the molecule is CC1CNCCCN1S(=O)(=O)Cc1cccc2cncc(F)c12. The summed E-state index contributed by atoms with van der Waals surface area (Å²) >= 11 is 0. The molecule has 1 unspecified atom stereocenters. The molecule has 23 heavy (non-hydrogen) atoms. The Morgan fingerprint density at radius 3 is 3.04 bits per heavy atom. The minimum Gasteiger partial charge on any atom is -0.315 e. The lowest BCUT2D eigenvalue weighted by atomic mass is 10.1. The zero-order chi connectivity index (χ0) is 16.4. The number of sulfonamides is 1. The molecule has 0 aliphatic carbocycles. The van der Waals surface area contributed by atoms with Crippen LogP contribution in [0.25, 0.3) is 10.8 Å². The second-order valence-corrected chi connectivity index (χ2v) is 7.83. The summed E-state index contributed by atoms with van der Waals surface area (Å²) in [5.74, 6) is -0.686. The molecule has 0 radical (unpaired) electrons. The first-order valence-corrected chi connectivity index (χ1v) is 9.31. The third kappa shape index (κ3) is 3.36. The van der Waals surface area contributed by atoms with Gasteiger partial charge in [0.25, 0.3) is 0 Å². The minimum absolute atomic E-state index is 0.107. The fourth-order valence-electron chi connectivity index (χ4n) is 3.07. The Balaban J connectivity index is 1.97. The molecular weight excluding hydrogens is 317 g/mol. The van der Waals surface area contributed by atoms with Gasteiger partial charge in [-0.3, -0.25) is 4.98 Å². The van der Waals surface area contributed by atoms with Crippen molar-refractivity contribution in [2.75, 3.05) is 19.6 Å². The summed E-state index contributed by atoms with van der Waals surface area (Å²) in [4.78, 5) is 3.82. The molecule has 2 heterocycles. The van der Waals surface area contributed by atoms with Gasteiger partial charge in [-0.15, -0.1) is 0 Å². The van der Waals surface area contributed by atoms with E-state index in [1.54, 1.807) is 24.4 Å². The van der Waals surface area contributed by atoms with Gasteiger partial charge in [-0.2, -0.15) is 4.31 Å². The number of aromatic nitrogens is 1. The molecule has 7 heteroatoms. The molecule has 3 rings (SSSR count). The van der Waals surface area contributed by atoms with E-state index in [-0.39, 0.29) is 11.8 Å². The van der Waals surface area contributed by atoms with Crippen molar-refractivity contribution in [1.29, 1.82) is 0 Å². The van der Waals surface area contributed by atoms with Crippen LogP contribution >= 0.6 is 0 Å². The quantitative estimate of drug-likeness (QED) is 0.929. The van der Waals surface area contributed by atoms with E-state index in [9.17, 15) is 12.8 Å². The largest absolute Gasteiger partial charge is 0.315 e. The first-order chi connectivity index (χ1) is 11.0. The van der Waals surface area contributed by atoms with Crippen LogP contribution < -0.4 is 5.32 Å². The molecule has 0 saturated carbocycles. The van der Waals surface area contributed by atoms with Gasteiger partial charge >= 0.3 is 0 Å². The van der Waals surface area contributed by atoms with E-state index in [0.717, 1.165) is 19.2 Å². The van der Waals surface area contributed by atoms with Gasteiger partial charge in [-0.05, 0) is 25.5 Å². The van der Waals surface area contributed by atoms with Crippen LogP contribution in [0, 0.1) is 5.82 Å². The number of nitrogens with zero attached hydrogens (tertiary/aromatic N) is 2. The lowest BCUT2D eigenvalue weighted by Gasteiger charge is -2.26. The van der Waals surface area contributed by atoms with Crippen molar-refractivity contribution < 1.29 is 12.8 Å². The van der Waals surface area contributed by atoms with Crippen LogP contribution in [0.5, 0.6) is 0 Å². The molecule has 124 valence electrons. The van der Waals surface area contributed by atoms with Crippen LogP contribution in [-0.4, -0.2) is 43.4 Å². The van der Waals surface area contributed by atoms with Crippen molar-refractivity contribution in [3.63, 3.8) is 0 Å². The van der Waals surface area contributed by atoms with Gasteiger partial charge in [0.1, 0.15) is 5.82 Å². The van der Waals surface area contributed by atoms with Gasteiger partial charge in [0.05, 0.1) is 11.9 Å². The number of nitrogens with one attached hydrogen (secondary N) is 1. The summed E-state index contributed by atoms with van der Waals surface area (Å²) in [6.07, 6.45) is 3.45. The van der Waals surface area contributed by atoms with Crippen molar-refractivity contribution in [2.24, 2.45) is 0 Å². The summed E-state index contributed by atoms with van der Waals surface area (Å²) in [6.45, 7) is 3.83. The van der Waals surface area contributed by atoms with Crippen molar-refractivity contribution >= 4 is 20.8 Å². The van der Waals surface area contributed by atoms with Crippen molar-refractivity contribution in [3.05, 3.63) is 42.0 Å². The minimum atomic E-state index is -3.51. The number of hydrogen-bond acceptors (Lipinski definition) is 4. The summed E-state index contributed by atoms with van der Waals surface area (Å²) in [5.41, 5.74) is 0.479. The van der Waals surface area contributed by atoms with E-state index in [4.69, 9.17) is 0 Å². The average Bonchev–Trinajstić information content (AvgIpc) is 2.72. The fraction of sp³-hybridized carbons (Fsp3) is 0.438. The second-order valence-electron chi connectivity index (χ2n) is 5.91. The Kier molecular flexibility index (Phi) is 4.61. The smallest absolute Gasteiger partial charge is 0.218 e. The van der Waals surface area contributed by atoms with Crippen LogP contribution in [0.2, 0.25) is 0 Å². The topological polar surface area (TPSA) is 62.3 Å². The Bertz CT molecular complexity index is 805. The molecular formula is C16H20FN3O2S. The van der Waals surface area contributed by atoms with Crippen LogP contribution in [0.15, 0.2) is 30.6 Å². The molecule has 1 aliphatic rings. The van der Waals surface area contributed by atoms with Crippen LogP contribution in [0.4, 0.5) is 4.39 Å². The molecule has 1 aliphatic heterocycles. The fourth-order valence-corrected chi connectivity index (χ4v) is 4.90. The van der Waals surface area contributed by atoms with Gasteiger partial charge in [0.2, 0.25) is 10.0 Å². The molecule has 0 bridgehead atoms. The van der Waals surface area contributed by atoms with Gasteiger partial charge in [-0.1, -0.05) is 18.2 Å². The van der Waals surface area contributed by atoms with E-state index < -0.39 is 15.8 Å². The Morgan fingerprint density at radius 1 is 1.39 bits per heavy atom. The van der Waals surface area contributed by atoms with E-state index in [1.165, 1.54) is 4.31 Å². The highest BCUT2D eigenvalue weighted by Gasteiger charge is 2.29. The van der Waals surface area contributed by atoms with Crippen LogP contribution in [-0.2, 0) is 15.8 Å². The molecule has 2 aromatic rings. The van der Waals surface area contributed by atoms with Crippen molar-refractivity contribution in [2.45, 2.75) is 25.1 Å². The third-order valence-corrected chi connectivity index (χ3v) is 6.11. The van der Waals surface area contributed by atoms with Crippen molar-refractivity contribution in [1.82, 2.24) is 14.6 Å². The number of benzene rings is 1. The van der Waals surface area contributed by atoms with Crippen LogP contribution in [0.1, 0.15) is 18.9 Å². The van der Waals surface area contributed by atoms with Gasteiger partial charge in [0, 0.05) is 36.1 Å². The van der Waals surface area contributed by atoms with E-state index in [0.29, 0.717) is 29.4 Å². The van der Waals surface area contributed by atoms with E-state index >= 15 is 0 Å².